The predicted molar refractivity (Wildman–Crippen MR) is 149 cm³/mol. The highest BCUT2D eigenvalue weighted by Crippen LogP contribution is 2.28. The summed E-state index contributed by atoms with van der Waals surface area (Å²) in [6, 6.07) is 18.1. The maximum Gasteiger partial charge on any atom is 0.307 e. The smallest absolute Gasteiger partial charge is 0.307 e. The molecule has 4 rings (SSSR count). The Morgan fingerprint density at radius 3 is 2.26 bits per heavy atom. The van der Waals surface area contributed by atoms with E-state index in [4.69, 9.17) is 23.2 Å². The molecule has 1 N–H and O–H groups in total. The molecule has 0 fully saturated rings. The number of hydrogen-bond donors (Lipinski definition) is 1. The van der Waals surface area contributed by atoms with Crippen LogP contribution >= 0.6 is 23.2 Å². The summed E-state index contributed by atoms with van der Waals surface area (Å²) < 4.78 is 0. The molecule has 0 saturated heterocycles. The summed E-state index contributed by atoms with van der Waals surface area (Å²) in [7, 11) is 0. The lowest BCUT2D eigenvalue weighted by atomic mass is 9.95. The third-order valence-electron chi connectivity index (χ3n) is 5.82. The second-order valence-corrected chi connectivity index (χ2v) is 9.30. The van der Waals surface area contributed by atoms with Crippen LogP contribution in [0.1, 0.15) is 34.3 Å². The maximum absolute atomic E-state index is 12.7. The number of carboxylic acid groups (broad SMARTS) is 1. The molecular weight excluding hydrogens is 523 g/mol. The second-order valence-electron chi connectivity index (χ2n) is 8.48. The number of ketones is 1. The van der Waals surface area contributed by atoms with Crippen LogP contribution in [0.2, 0.25) is 10.0 Å². The number of pyridine rings is 1. The van der Waals surface area contributed by atoms with Gasteiger partial charge in [-0.25, -0.2) is 9.97 Å². The molecule has 1 atom stereocenters. The van der Waals surface area contributed by atoms with Crippen LogP contribution < -0.4 is 4.90 Å². The zero-order valence-electron chi connectivity index (χ0n) is 20.2. The first-order chi connectivity index (χ1) is 18.4. The van der Waals surface area contributed by atoms with E-state index in [0.29, 0.717) is 12.5 Å². The van der Waals surface area contributed by atoms with E-state index in [0.717, 1.165) is 16.8 Å². The fourth-order valence-corrected chi connectivity index (χ4v) is 4.49. The van der Waals surface area contributed by atoms with Crippen molar-refractivity contribution in [2.24, 2.45) is 5.92 Å². The number of nitrogens with zero attached hydrogens (tertiary/aromatic N) is 4. The minimum atomic E-state index is -1.06. The molecule has 0 aliphatic carbocycles. The number of aromatic nitrogens is 3. The van der Waals surface area contributed by atoms with Gasteiger partial charge in [0.25, 0.3) is 0 Å². The minimum Gasteiger partial charge on any atom is -0.481 e. The van der Waals surface area contributed by atoms with Crippen LogP contribution in [0.25, 0.3) is 6.08 Å². The van der Waals surface area contributed by atoms with Gasteiger partial charge >= 0.3 is 5.97 Å². The van der Waals surface area contributed by atoms with Crippen molar-refractivity contribution in [3.8, 4) is 0 Å². The highest BCUT2D eigenvalue weighted by molar-refractivity contribution is 6.39. The number of halogens is 2. The lowest BCUT2D eigenvalue weighted by Gasteiger charge is -2.22. The van der Waals surface area contributed by atoms with E-state index in [1.54, 1.807) is 55.1 Å². The zero-order chi connectivity index (χ0) is 26.9. The molecule has 9 heteroatoms. The third-order valence-corrected chi connectivity index (χ3v) is 6.45. The molecule has 0 amide bonds. The van der Waals surface area contributed by atoms with Crippen molar-refractivity contribution in [1.82, 2.24) is 15.0 Å². The minimum absolute atomic E-state index is 0.153. The average molecular weight is 547 g/mol. The fraction of sp³-hybridized carbons (Fsp3) is 0.138. The number of carbonyl (C=O) groups is 2. The van der Waals surface area contributed by atoms with Gasteiger partial charge in [0.15, 0.2) is 5.78 Å². The van der Waals surface area contributed by atoms with E-state index in [2.05, 4.69) is 15.0 Å². The highest BCUT2D eigenvalue weighted by atomic mass is 35.5. The van der Waals surface area contributed by atoms with Gasteiger partial charge in [0, 0.05) is 36.9 Å². The first-order valence-corrected chi connectivity index (χ1v) is 12.6. The van der Waals surface area contributed by atoms with Crippen molar-refractivity contribution < 1.29 is 14.7 Å². The first-order valence-electron chi connectivity index (χ1n) is 11.8. The average Bonchev–Trinajstić information content (AvgIpc) is 2.92. The largest absolute Gasteiger partial charge is 0.481 e. The summed E-state index contributed by atoms with van der Waals surface area (Å²) in [5.41, 5.74) is 2.94. The Balaban J connectivity index is 1.45. The molecular formula is C29H24Cl2N4O3. The topological polar surface area (TPSA) is 96.3 Å². The van der Waals surface area contributed by atoms with Gasteiger partial charge in [-0.15, -0.1) is 0 Å². The van der Waals surface area contributed by atoms with Crippen molar-refractivity contribution in [3.63, 3.8) is 0 Å². The molecule has 0 aliphatic heterocycles. The van der Waals surface area contributed by atoms with Crippen LogP contribution in [-0.2, 0) is 11.3 Å². The quantitative estimate of drug-likeness (QED) is 0.204. The van der Waals surface area contributed by atoms with Crippen LogP contribution in [0.5, 0.6) is 0 Å². The molecule has 7 nitrogen and oxygen atoms in total. The summed E-state index contributed by atoms with van der Waals surface area (Å²) in [4.78, 5) is 39.5. The molecule has 0 aliphatic rings. The summed E-state index contributed by atoms with van der Waals surface area (Å²) in [6.07, 6.45) is 10.5. The number of rotatable bonds is 11. The van der Waals surface area contributed by atoms with E-state index in [1.165, 1.54) is 0 Å². The van der Waals surface area contributed by atoms with Gasteiger partial charge in [-0.2, -0.15) is 0 Å². The van der Waals surface area contributed by atoms with Gasteiger partial charge in [0.05, 0.1) is 28.1 Å². The second kappa shape index (κ2) is 12.9. The third kappa shape index (κ3) is 7.03. The lowest BCUT2D eigenvalue weighted by Crippen LogP contribution is -2.19. The molecule has 2 aromatic heterocycles. The number of Topliss-reactive ketones (excluding diaryl/α,β-unsaturated/α-hetero) is 1. The summed E-state index contributed by atoms with van der Waals surface area (Å²) in [5, 5.41) is 10.1. The number of aliphatic carboxylic acids is 1. The van der Waals surface area contributed by atoms with Crippen molar-refractivity contribution in [3.05, 3.63) is 118 Å². The van der Waals surface area contributed by atoms with Gasteiger partial charge in [-0.05, 0) is 53.9 Å². The molecule has 0 radical (unpaired) electrons. The van der Waals surface area contributed by atoms with Crippen LogP contribution in [0.4, 0.5) is 11.6 Å². The summed E-state index contributed by atoms with van der Waals surface area (Å²) in [5.74, 6) is -1.80. The SMILES string of the molecule is O=C(CC(C/C=C/c1ccc(N(Cc2cccnc2)c2ncccn2)cc1)C(=O)O)c1c(Cl)cccc1Cl. The van der Waals surface area contributed by atoms with Crippen molar-refractivity contribution in [2.75, 3.05) is 4.90 Å². The van der Waals surface area contributed by atoms with Crippen LogP contribution in [-0.4, -0.2) is 31.8 Å². The number of benzene rings is 2. The predicted octanol–water partition coefficient (Wildman–Crippen LogP) is 6.89. The molecule has 192 valence electrons. The first kappa shape index (κ1) is 27.0. The molecule has 2 heterocycles. The number of allylic oxidation sites excluding steroid dienone is 1. The Morgan fingerprint density at radius 1 is 0.921 bits per heavy atom. The van der Waals surface area contributed by atoms with E-state index < -0.39 is 17.7 Å². The van der Waals surface area contributed by atoms with Gasteiger partial charge in [0.1, 0.15) is 0 Å². The van der Waals surface area contributed by atoms with Crippen molar-refractivity contribution in [1.29, 1.82) is 0 Å². The summed E-state index contributed by atoms with van der Waals surface area (Å²) in [6.45, 7) is 0.538. The molecule has 1 unspecified atom stereocenters. The Morgan fingerprint density at radius 2 is 1.63 bits per heavy atom. The molecule has 0 saturated carbocycles. The molecule has 2 aromatic carbocycles. The van der Waals surface area contributed by atoms with Crippen LogP contribution in [0.3, 0.4) is 0 Å². The molecule has 0 spiro atoms. The number of hydrogen-bond acceptors (Lipinski definition) is 6. The van der Waals surface area contributed by atoms with E-state index in [9.17, 15) is 14.7 Å². The van der Waals surface area contributed by atoms with Gasteiger partial charge in [-0.1, -0.05) is 59.6 Å². The van der Waals surface area contributed by atoms with Crippen molar-refractivity contribution >= 4 is 52.7 Å². The van der Waals surface area contributed by atoms with E-state index >= 15 is 0 Å². The normalized spacial score (nSPS) is 11.8. The molecule has 0 bridgehead atoms. The number of carboxylic acids is 1. The van der Waals surface area contributed by atoms with E-state index in [1.807, 2.05) is 47.4 Å². The monoisotopic (exact) mass is 546 g/mol. The highest BCUT2D eigenvalue weighted by Gasteiger charge is 2.23. The van der Waals surface area contributed by atoms with Gasteiger partial charge in [0.2, 0.25) is 5.95 Å². The van der Waals surface area contributed by atoms with Crippen molar-refractivity contribution in [2.45, 2.75) is 19.4 Å². The van der Waals surface area contributed by atoms with Crippen LogP contribution in [0.15, 0.2) is 91.5 Å². The van der Waals surface area contributed by atoms with Gasteiger partial charge in [-0.3, -0.25) is 14.6 Å². The lowest BCUT2D eigenvalue weighted by molar-refractivity contribution is -0.141. The maximum atomic E-state index is 12.7. The van der Waals surface area contributed by atoms with Gasteiger partial charge < -0.3 is 10.0 Å². The Hall–Kier alpha value is -4.07. The molecule has 4 aromatic rings. The number of anilines is 2. The van der Waals surface area contributed by atoms with Crippen LogP contribution in [0, 0.1) is 5.92 Å². The Kier molecular flexibility index (Phi) is 9.19. The Labute approximate surface area is 230 Å². The Bertz CT molecular complexity index is 1390. The number of carbonyl (C=O) groups excluding carboxylic acids is 1. The summed E-state index contributed by atoms with van der Waals surface area (Å²) >= 11 is 12.2. The zero-order valence-corrected chi connectivity index (χ0v) is 21.8. The molecule has 38 heavy (non-hydrogen) atoms. The van der Waals surface area contributed by atoms with E-state index in [-0.39, 0.29) is 28.5 Å². The standard InChI is InChI=1S/C29H24Cl2N4O3/c30-24-8-2-9-25(31)27(24)26(36)17-22(28(37)38)7-1-5-20-10-12-23(13-11-20)35(29-33-15-4-16-34-29)19-21-6-3-14-32-18-21/h1-6,8-16,18,22H,7,17,19H2,(H,37,38)/b5-1+. The fourth-order valence-electron chi connectivity index (χ4n) is 3.88.